The number of nitrogens with two attached hydrogens (primary N) is 1. The van der Waals surface area contributed by atoms with E-state index in [4.69, 9.17) is 10.5 Å². The van der Waals surface area contributed by atoms with Crippen LogP contribution in [0.3, 0.4) is 0 Å². The molecule has 4 rings (SSSR count). The van der Waals surface area contributed by atoms with Crippen molar-refractivity contribution in [3.05, 3.63) is 48.8 Å². The normalized spacial score (nSPS) is 19.5. The molecule has 8 nitrogen and oxygen atoms in total. The van der Waals surface area contributed by atoms with Crippen molar-refractivity contribution in [1.29, 1.82) is 0 Å². The summed E-state index contributed by atoms with van der Waals surface area (Å²) in [6.07, 6.45) is 5.33. The maximum atomic E-state index is 13.8. The zero-order valence-electron chi connectivity index (χ0n) is 16.6. The molecule has 0 amide bonds. The van der Waals surface area contributed by atoms with E-state index in [1.807, 2.05) is 0 Å². The molecule has 9 heteroatoms. The van der Waals surface area contributed by atoms with E-state index in [1.165, 1.54) is 17.4 Å². The van der Waals surface area contributed by atoms with Crippen LogP contribution in [0.25, 0.3) is 11.0 Å². The first-order valence-electron chi connectivity index (χ1n) is 9.86. The minimum absolute atomic E-state index is 0.180. The number of nitrogens with one attached hydrogen (secondary N) is 1. The molecule has 1 fully saturated rings. The first kappa shape index (κ1) is 20.2. The predicted molar refractivity (Wildman–Crippen MR) is 114 cm³/mol. The number of aromatic amines is 1. The quantitative estimate of drug-likeness (QED) is 0.603. The van der Waals surface area contributed by atoms with E-state index in [0.29, 0.717) is 36.0 Å². The maximum Gasteiger partial charge on any atom is 0.302 e. The molecule has 3 N–H and O–H groups in total. The van der Waals surface area contributed by atoms with Gasteiger partial charge < -0.3 is 15.5 Å². The number of hydrogen-bond acceptors (Lipinski definition) is 6. The summed E-state index contributed by atoms with van der Waals surface area (Å²) in [4.78, 5) is 18.9. The second kappa shape index (κ2) is 7.98. The molecule has 2 unspecified atom stereocenters. The van der Waals surface area contributed by atoms with Crippen LogP contribution in [0.5, 0.6) is 0 Å². The number of sulfonamides is 1. The Labute approximate surface area is 175 Å². The number of H-pyrrole nitrogens is 1. The van der Waals surface area contributed by atoms with Crippen molar-refractivity contribution < 1.29 is 17.9 Å². The largest absolute Gasteiger partial charge is 0.462 e. The molecule has 0 spiro atoms. The molecule has 2 heterocycles. The number of fused-ring (bicyclic) bond motifs is 1. The second-order valence-electron chi connectivity index (χ2n) is 7.47. The molecule has 1 aliphatic rings. The number of carbonyl (C=O) groups excluding carboxylic acids is 1. The van der Waals surface area contributed by atoms with Crippen LogP contribution < -0.4 is 10.0 Å². The van der Waals surface area contributed by atoms with E-state index in [-0.39, 0.29) is 22.7 Å². The number of aromatic nitrogens is 2. The molecule has 1 saturated carbocycles. The Kier molecular flexibility index (Phi) is 5.38. The van der Waals surface area contributed by atoms with E-state index in [0.717, 1.165) is 6.42 Å². The molecule has 0 aliphatic heterocycles. The monoisotopic (exact) mass is 428 g/mol. The lowest BCUT2D eigenvalue weighted by Gasteiger charge is -2.38. The molecule has 1 aromatic carbocycles. The Bertz CT molecular complexity index is 1160. The average molecular weight is 429 g/mol. The van der Waals surface area contributed by atoms with Gasteiger partial charge in [0.1, 0.15) is 11.8 Å². The Morgan fingerprint density at radius 2 is 2.00 bits per heavy atom. The van der Waals surface area contributed by atoms with Crippen LogP contribution >= 0.6 is 0 Å². The molecule has 158 valence electrons. The zero-order chi connectivity index (χ0) is 21.3. The first-order chi connectivity index (χ1) is 14.4. The zero-order valence-corrected chi connectivity index (χ0v) is 17.4. The van der Waals surface area contributed by atoms with Gasteiger partial charge in [0.25, 0.3) is 10.0 Å². The first-order valence-corrected chi connectivity index (χ1v) is 11.3. The van der Waals surface area contributed by atoms with Gasteiger partial charge in [-0.15, -0.1) is 0 Å². The highest BCUT2D eigenvalue weighted by Crippen LogP contribution is 2.40. The third-order valence-corrected chi connectivity index (χ3v) is 7.24. The number of rotatable bonds is 5. The second-order valence-corrected chi connectivity index (χ2v) is 9.28. The van der Waals surface area contributed by atoms with Crippen LogP contribution in [-0.2, 0) is 19.6 Å². The van der Waals surface area contributed by atoms with Crippen LogP contribution in [0.2, 0.25) is 0 Å². The van der Waals surface area contributed by atoms with Gasteiger partial charge in [0.2, 0.25) is 0 Å². The smallest absolute Gasteiger partial charge is 0.302 e. The Morgan fingerprint density at radius 1 is 1.23 bits per heavy atom. The molecular weight excluding hydrogens is 404 g/mol. The van der Waals surface area contributed by atoms with Crippen LogP contribution in [0.4, 0.5) is 11.4 Å². The van der Waals surface area contributed by atoms with Crippen molar-refractivity contribution in [3.8, 4) is 0 Å². The molecule has 2 aromatic heterocycles. The van der Waals surface area contributed by atoms with Crippen molar-refractivity contribution in [2.45, 2.75) is 49.6 Å². The van der Waals surface area contributed by atoms with Crippen molar-refractivity contribution in [2.24, 2.45) is 0 Å². The van der Waals surface area contributed by atoms with Gasteiger partial charge in [0.05, 0.1) is 22.5 Å². The topological polar surface area (TPSA) is 118 Å². The fourth-order valence-corrected chi connectivity index (χ4v) is 5.89. The third kappa shape index (κ3) is 3.72. The van der Waals surface area contributed by atoms with E-state index in [9.17, 15) is 13.2 Å². The van der Waals surface area contributed by atoms with Crippen molar-refractivity contribution >= 4 is 38.4 Å². The maximum absolute atomic E-state index is 13.8. The molecule has 0 bridgehead atoms. The number of esters is 1. The summed E-state index contributed by atoms with van der Waals surface area (Å²) in [6, 6.07) is 9.65. The average Bonchev–Trinajstić information content (AvgIpc) is 3.19. The highest BCUT2D eigenvalue weighted by atomic mass is 32.2. The van der Waals surface area contributed by atoms with Gasteiger partial charge in [-0.25, -0.2) is 13.4 Å². The Balaban J connectivity index is 1.87. The summed E-state index contributed by atoms with van der Waals surface area (Å²) in [5, 5.41) is 0.629. The number of hydrogen-bond donors (Lipinski definition) is 2. The lowest BCUT2D eigenvalue weighted by Crippen LogP contribution is -2.45. The predicted octanol–water partition coefficient (Wildman–Crippen LogP) is 3.21. The van der Waals surface area contributed by atoms with E-state index in [1.54, 1.807) is 42.6 Å². The molecule has 3 aromatic rings. The van der Waals surface area contributed by atoms with E-state index < -0.39 is 16.1 Å². The van der Waals surface area contributed by atoms with Gasteiger partial charge in [-0.2, -0.15) is 0 Å². The lowest BCUT2D eigenvalue weighted by molar-refractivity contribution is -0.147. The summed E-state index contributed by atoms with van der Waals surface area (Å²) in [7, 11) is -3.93. The number of nitrogen functional groups attached to an aromatic ring is 1. The summed E-state index contributed by atoms with van der Waals surface area (Å²) in [5.74, 6) is -0.366. The van der Waals surface area contributed by atoms with Crippen molar-refractivity contribution in [1.82, 2.24) is 9.97 Å². The number of pyridine rings is 1. The van der Waals surface area contributed by atoms with E-state index in [2.05, 4.69) is 9.97 Å². The van der Waals surface area contributed by atoms with Crippen LogP contribution in [-0.4, -0.2) is 36.5 Å². The van der Waals surface area contributed by atoms with E-state index >= 15 is 0 Å². The SMILES string of the molecule is CC(=O)OC1CCCC(N(c2c(N)cnc3[nH]ccc23)S(=O)(=O)c2ccccc2)C1. The summed E-state index contributed by atoms with van der Waals surface area (Å²) >= 11 is 0. The molecule has 0 saturated heterocycles. The van der Waals surface area contributed by atoms with Gasteiger partial charge in [0, 0.05) is 31.0 Å². The van der Waals surface area contributed by atoms with Gasteiger partial charge in [-0.3, -0.25) is 9.10 Å². The van der Waals surface area contributed by atoms with Gasteiger partial charge >= 0.3 is 5.97 Å². The minimum atomic E-state index is -3.93. The van der Waals surface area contributed by atoms with Gasteiger partial charge in [0.15, 0.2) is 0 Å². The Morgan fingerprint density at radius 3 is 2.73 bits per heavy atom. The van der Waals surface area contributed by atoms with Gasteiger partial charge in [-0.1, -0.05) is 18.2 Å². The fraction of sp³-hybridized carbons (Fsp3) is 0.333. The van der Waals surface area contributed by atoms with Crippen molar-refractivity contribution in [3.63, 3.8) is 0 Å². The minimum Gasteiger partial charge on any atom is -0.462 e. The lowest BCUT2D eigenvalue weighted by atomic mass is 9.92. The molecule has 1 aliphatic carbocycles. The number of benzene rings is 1. The molecule has 2 atom stereocenters. The number of anilines is 2. The van der Waals surface area contributed by atoms with Gasteiger partial charge in [-0.05, 0) is 37.5 Å². The van der Waals surface area contributed by atoms with Crippen molar-refractivity contribution in [2.75, 3.05) is 10.0 Å². The van der Waals surface area contributed by atoms with Crippen LogP contribution in [0.15, 0.2) is 53.7 Å². The van der Waals surface area contributed by atoms with Crippen LogP contribution in [0, 0.1) is 0 Å². The summed E-state index contributed by atoms with van der Waals surface area (Å²) < 4.78 is 34.4. The third-order valence-electron chi connectivity index (χ3n) is 5.37. The fourth-order valence-electron chi connectivity index (χ4n) is 4.14. The standard InChI is InChI=1S/C21H24N4O4S/c1-14(26)29-16-7-5-6-15(12-16)25(30(27,28)17-8-3-2-4-9-17)20-18-10-11-23-21(18)24-13-19(20)22/h2-4,8-11,13,15-16H,5-7,12,22H2,1H3,(H,23,24). The Hall–Kier alpha value is -3.07. The molecule has 30 heavy (non-hydrogen) atoms. The summed E-state index contributed by atoms with van der Waals surface area (Å²) in [6.45, 7) is 1.37. The number of carbonyl (C=O) groups is 1. The highest BCUT2D eigenvalue weighted by molar-refractivity contribution is 7.93. The number of ether oxygens (including phenoxy) is 1. The number of nitrogens with zero attached hydrogens (tertiary/aromatic N) is 2. The molecule has 0 radical (unpaired) electrons. The highest BCUT2D eigenvalue weighted by Gasteiger charge is 2.38. The summed E-state index contributed by atoms with van der Waals surface area (Å²) in [5.41, 5.74) is 7.51. The van der Waals surface area contributed by atoms with Crippen LogP contribution in [0.1, 0.15) is 32.6 Å². The molecular formula is C21H24N4O4S.